The molecule has 1 aromatic heterocycles. The average Bonchev–Trinajstić information content (AvgIpc) is 2.92. The SMILES string of the molecule is Cc1ccc(-c2nncn2C2CCCCC2)cc1N. The van der Waals surface area contributed by atoms with E-state index in [0.29, 0.717) is 6.04 Å². The van der Waals surface area contributed by atoms with Crippen molar-refractivity contribution in [3.63, 3.8) is 0 Å². The van der Waals surface area contributed by atoms with Crippen molar-refractivity contribution in [2.24, 2.45) is 0 Å². The predicted octanol–water partition coefficient (Wildman–Crippen LogP) is 3.34. The highest BCUT2D eigenvalue weighted by Gasteiger charge is 2.19. The molecule has 19 heavy (non-hydrogen) atoms. The Bertz CT molecular complexity index is 567. The van der Waals surface area contributed by atoms with Crippen LogP contribution in [0, 0.1) is 6.92 Å². The second kappa shape index (κ2) is 5.03. The number of aromatic nitrogens is 3. The molecule has 1 saturated carbocycles. The quantitative estimate of drug-likeness (QED) is 0.838. The first-order chi connectivity index (χ1) is 9.25. The lowest BCUT2D eigenvalue weighted by Gasteiger charge is -2.24. The third-order valence-electron chi connectivity index (χ3n) is 4.08. The number of anilines is 1. The smallest absolute Gasteiger partial charge is 0.164 e. The van der Waals surface area contributed by atoms with Gasteiger partial charge in [-0.2, -0.15) is 0 Å². The summed E-state index contributed by atoms with van der Waals surface area (Å²) in [5.41, 5.74) is 8.98. The topological polar surface area (TPSA) is 56.7 Å². The summed E-state index contributed by atoms with van der Waals surface area (Å²) in [5.74, 6) is 0.943. The molecule has 0 unspecified atom stereocenters. The molecule has 1 heterocycles. The van der Waals surface area contributed by atoms with E-state index in [0.717, 1.165) is 22.6 Å². The molecule has 0 bridgehead atoms. The molecule has 0 atom stereocenters. The molecule has 1 aromatic carbocycles. The van der Waals surface area contributed by atoms with Crippen LogP contribution < -0.4 is 5.73 Å². The molecular weight excluding hydrogens is 236 g/mol. The van der Waals surface area contributed by atoms with Gasteiger partial charge in [-0.15, -0.1) is 10.2 Å². The van der Waals surface area contributed by atoms with Crippen molar-refractivity contribution in [1.82, 2.24) is 14.8 Å². The van der Waals surface area contributed by atoms with E-state index in [-0.39, 0.29) is 0 Å². The molecule has 0 spiro atoms. The van der Waals surface area contributed by atoms with E-state index in [2.05, 4.69) is 20.8 Å². The van der Waals surface area contributed by atoms with Gasteiger partial charge in [-0.25, -0.2) is 0 Å². The van der Waals surface area contributed by atoms with Gasteiger partial charge in [0.1, 0.15) is 6.33 Å². The Morgan fingerprint density at radius 2 is 2.00 bits per heavy atom. The average molecular weight is 256 g/mol. The first kappa shape index (κ1) is 12.2. The monoisotopic (exact) mass is 256 g/mol. The minimum atomic E-state index is 0.543. The highest BCUT2D eigenvalue weighted by molar-refractivity contribution is 5.63. The summed E-state index contributed by atoms with van der Waals surface area (Å²) in [5, 5.41) is 8.39. The van der Waals surface area contributed by atoms with E-state index >= 15 is 0 Å². The Kier molecular flexibility index (Phi) is 3.23. The molecule has 0 amide bonds. The van der Waals surface area contributed by atoms with Crippen LogP contribution in [0.4, 0.5) is 5.69 Å². The number of hydrogen-bond donors (Lipinski definition) is 1. The van der Waals surface area contributed by atoms with E-state index in [1.54, 1.807) is 0 Å². The van der Waals surface area contributed by atoms with Crippen molar-refractivity contribution in [3.05, 3.63) is 30.1 Å². The van der Waals surface area contributed by atoms with Gasteiger partial charge in [0, 0.05) is 17.3 Å². The number of hydrogen-bond acceptors (Lipinski definition) is 3. The standard InChI is InChI=1S/C15H20N4/c1-11-7-8-12(9-14(11)16)15-18-17-10-19(15)13-5-3-2-4-6-13/h7-10,13H,2-6,16H2,1H3. The summed E-state index contributed by atoms with van der Waals surface area (Å²) in [7, 11) is 0. The van der Waals surface area contributed by atoms with Gasteiger partial charge in [-0.3, -0.25) is 0 Å². The van der Waals surface area contributed by atoms with Crippen LogP contribution >= 0.6 is 0 Å². The molecule has 2 N–H and O–H groups in total. The molecular formula is C15H20N4. The number of aryl methyl sites for hydroxylation is 1. The van der Waals surface area contributed by atoms with Crippen molar-refractivity contribution in [1.29, 1.82) is 0 Å². The van der Waals surface area contributed by atoms with Crippen LogP contribution in [0.25, 0.3) is 11.4 Å². The summed E-state index contributed by atoms with van der Waals surface area (Å²) in [6.45, 7) is 2.02. The van der Waals surface area contributed by atoms with Crippen molar-refractivity contribution >= 4 is 5.69 Å². The summed E-state index contributed by atoms with van der Waals surface area (Å²) >= 11 is 0. The fraction of sp³-hybridized carbons (Fsp3) is 0.467. The molecule has 4 nitrogen and oxygen atoms in total. The molecule has 0 aliphatic heterocycles. The highest BCUT2D eigenvalue weighted by atomic mass is 15.3. The number of nitrogens with zero attached hydrogens (tertiary/aromatic N) is 3. The molecule has 3 rings (SSSR count). The summed E-state index contributed by atoms with van der Waals surface area (Å²) in [6, 6.07) is 6.67. The van der Waals surface area contributed by atoms with Crippen molar-refractivity contribution in [3.8, 4) is 11.4 Å². The van der Waals surface area contributed by atoms with Crippen LogP contribution in [0.2, 0.25) is 0 Å². The molecule has 0 radical (unpaired) electrons. The number of nitrogens with two attached hydrogens (primary N) is 1. The third-order valence-corrected chi connectivity index (χ3v) is 4.08. The Labute approximate surface area is 113 Å². The van der Waals surface area contributed by atoms with Gasteiger partial charge >= 0.3 is 0 Å². The Hall–Kier alpha value is -1.84. The van der Waals surface area contributed by atoms with Gasteiger partial charge < -0.3 is 10.3 Å². The normalized spacial score (nSPS) is 16.7. The Balaban J connectivity index is 1.96. The third kappa shape index (κ3) is 2.35. The van der Waals surface area contributed by atoms with Crippen LogP contribution in [-0.2, 0) is 0 Å². The van der Waals surface area contributed by atoms with Crippen LogP contribution in [0.3, 0.4) is 0 Å². The van der Waals surface area contributed by atoms with Crippen LogP contribution in [0.5, 0.6) is 0 Å². The predicted molar refractivity (Wildman–Crippen MR) is 76.7 cm³/mol. The molecule has 1 fully saturated rings. The molecule has 0 saturated heterocycles. The maximum absolute atomic E-state index is 6.00. The first-order valence-electron chi connectivity index (χ1n) is 7.02. The Morgan fingerprint density at radius 3 is 2.74 bits per heavy atom. The zero-order valence-electron chi connectivity index (χ0n) is 11.3. The lowest BCUT2D eigenvalue weighted by atomic mass is 9.95. The van der Waals surface area contributed by atoms with Crippen LogP contribution in [0.1, 0.15) is 43.7 Å². The minimum Gasteiger partial charge on any atom is -0.398 e. The van der Waals surface area contributed by atoms with Gasteiger partial charge in [-0.1, -0.05) is 31.4 Å². The zero-order chi connectivity index (χ0) is 13.2. The highest BCUT2D eigenvalue weighted by Crippen LogP contribution is 2.32. The molecule has 1 aliphatic carbocycles. The van der Waals surface area contributed by atoms with Crippen LogP contribution in [0.15, 0.2) is 24.5 Å². The summed E-state index contributed by atoms with van der Waals surface area (Å²) in [4.78, 5) is 0. The fourth-order valence-electron chi connectivity index (χ4n) is 2.86. The summed E-state index contributed by atoms with van der Waals surface area (Å²) in [6.07, 6.45) is 8.28. The zero-order valence-corrected chi connectivity index (χ0v) is 11.3. The summed E-state index contributed by atoms with van der Waals surface area (Å²) < 4.78 is 2.23. The minimum absolute atomic E-state index is 0.543. The van der Waals surface area contributed by atoms with Crippen molar-refractivity contribution in [2.75, 3.05) is 5.73 Å². The number of benzene rings is 1. The molecule has 4 heteroatoms. The van der Waals surface area contributed by atoms with Gasteiger partial charge in [0.25, 0.3) is 0 Å². The molecule has 100 valence electrons. The van der Waals surface area contributed by atoms with Crippen molar-refractivity contribution < 1.29 is 0 Å². The molecule has 2 aromatic rings. The second-order valence-electron chi connectivity index (χ2n) is 5.43. The number of rotatable bonds is 2. The lowest BCUT2D eigenvalue weighted by Crippen LogP contribution is -2.13. The molecule has 1 aliphatic rings. The largest absolute Gasteiger partial charge is 0.398 e. The van der Waals surface area contributed by atoms with E-state index in [1.807, 2.05) is 25.4 Å². The maximum Gasteiger partial charge on any atom is 0.164 e. The van der Waals surface area contributed by atoms with Crippen molar-refractivity contribution in [2.45, 2.75) is 45.1 Å². The lowest BCUT2D eigenvalue weighted by molar-refractivity contribution is 0.355. The number of nitrogen functional groups attached to an aromatic ring is 1. The van der Waals surface area contributed by atoms with Gasteiger partial charge in [0.2, 0.25) is 0 Å². The fourth-order valence-corrected chi connectivity index (χ4v) is 2.86. The van der Waals surface area contributed by atoms with Gasteiger partial charge in [0.05, 0.1) is 0 Å². The first-order valence-corrected chi connectivity index (χ1v) is 7.02. The van der Waals surface area contributed by atoms with E-state index in [9.17, 15) is 0 Å². The Morgan fingerprint density at radius 1 is 1.21 bits per heavy atom. The van der Waals surface area contributed by atoms with Crippen LogP contribution in [-0.4, -0.2) is 14.8 Å². The van der Waals surface area contributed by atoms with Gasteiger partial charge in [0.15, 0.2) is 5.82 Å². The maximum atomic E-state index is 6.00. The van der Waals surface area contributed by atoms with E-state index in [4.69, 9.17) is 5.73 Å². The van der Waals surface area contributed by atoms with E-state index < -0.39 is 0 Å². The van der Waals surface area contributed by atoms with Gasteiger partial charge in [-0.05, 0) is 31.4 Å². The van der Waals surface area contributed by atoms with E-state index in [1.165, 1.54) is 32.1 Å². The second-order valence-corrected chi connectivity index (χ2v) is 5.43.